The molecule has 0 saturated carbocycles. The number of carboxylic acids is 1. The molecule has 1 atom stereocenters. The first kappa shape index (κ1) is 14.9. The topological polar surface area (TPSA) is 113 Å². The molecule has 96 valence electrons. The molecule has 0 aliphatic carbocycles. The average Bonchev–Trinajstić information content (AvgIpc) is 2.24. The van der Waals surface area contributed by atoms with Gasteiger partial charge < -0.3 is 21.1 Å². The minimum absolute atomic E-state index is 0.106. The van der Waals surface area contributed by atoms with Crippen molar-refractivity contribution in [2.45, 2.75) is 19.4 Å². The third-order valence-electron chi connectivity index (χ3n) is 2.01. The number of nitrogens with two attached hydrogens (primary N) is 1. The number of hydrogen-bond donors (Lipinski definition) is 3. The van der Waals surface area contributed by atoms with Gasteiger partial charge in [-0.1, -0.05) is 6.08 Å². The van der Waals surface area contributed by atoms with Crippen molar-refractivity contribution in [1.29, 1.82) is 0 Å². The van der Waals surface area contributed by atoms with Gasteiger partial charge in [-0.2, -0.15) is 0 Å². The SMILES string of the molecule is C=CCC(NC(=O)N(CC)CC(N)=O)C(=O)O. The van der Waals surface area contributed by atoms with Crippen LogP contribution < -0.4 is 11.1 Å². The van der Waals surface area contributed by atoms with Crippen molar-refractivity contribution in [1.82, 2.24) is 10.2 Å². The van der Waals surface area contributed by atoms with Crippen molar-refractivity contribution in [2.75, 3.05) is 13.1 Å². The van der Waals surface area contributed by atoms with Gasteiger partial charge in [0.05, 0.1) is 0 Å². The van der Waals surface area contributed by atoms with Crippen molar-refractivity contribution in [2.24, 2.45) is 5.73 Å². The van der Waals surface area contributed by atoms with Crippen LogP contribution in [0.15, 0.2) is 12.7 Å². The minimum atomic E-state index is -1.16. The fourth-order valence-electron chi connectivity index (χ4n) is 1.14. The lowest BCUT2D eigenvalue weighted by Gasteiger charge is -2.22. The summed E-state index contributed by atoms with van der Waals surface area (Å²) in [7, 11) is 0. The van der Waals surface area contributed by atoms with Crippen molar-refractivity contribution < 1.29 is 19.5 Å². The maximum atomic E-state index is 11.6. The highest BCUT2D eigenvalue weighted by Gasteiger charge is 2.21. The molecule has 1 unspecified atom stereocenters. The standard InChI is InChI=1S/C10H17N3O4/c1-3-5-7(9(15)16)12-10(17)13(4-2)6-8(11)14/h3,7H,1,4-6H2,2H3,(H2,11,14)(H,12,17)(H,15,16). The average molecular weight is 243 g/mol. The Morgan fingerprint density at radius 1 is 1.53 bits per heavy atom. The number of carboxylic acid groups (broad SMARTS) is 1. The molecule has 0 aliphatic rings. The zero-order valence-electron chi connectivity index (χ0n) is 9.68. The zero-order chi connectivity index (χ0) is 13.4. The van der Waals surface area contributed by atoms with E-state index in [2.05, 4.69) is 11.9 Å². The summed E-state index contributed by atoms with van der Waals surface area (Å²) in [5, 5.41) is 11.1. The first-order valence-electron chi connectivity index (χ1n) is 5.09. The Hall–Kier alpha value is -2.05. The van der Waals surface area contributed by atoms with Crippen LogP contribution in [0.25, 0.3) is 0 Å². The van der Waals surface area contributed by atoms with Gasteiger partial charge in [-0.05, 0) is 13.3 Å². The van der Waals surface area contributed by atoms with E-state index >= 15 is 0 Å². The van der Waals surface area contributed by atoms with Crippen molar-refractivity contribution in [3.05, 3.63) is 12.7 Å². The lowest BCUT2D eigenvalue weighted by atomic mass is 10.2. The molecule has 7 heteroatoms. The van der Waals surface area contributed by atoms with E-state index in [-0.39, 0.29) is 19.5 Å². The molecular weight excluding hydrogens is 226 g/mol. The molecule has 0 heterocycles. The van der Waals surface area contributed by atoms with Gasteiger partial charge in [0.25, 0.3) is 0 Å². The second kappa shape index (κ2) is 7.26. The number of nitrogens with one attached hydrogen (secondary N) is 1. The number of primary amides is 1. The normalized spacial score (nSPS) is 11.4. The van der Waals surface area contributed by atoms with Gasteiger partial charge in [0.2, 0.25) is 5.91 Å². The van der Waals surface area contributed by atoms with Crippen LogP contribution in [-0.4, -0.2) is 47.0 Å². The van der Waals surface area contributed by atoms with Gasteiger partial charge in [0.1, 0.15) is 12.6 Å². The highest BCUT2D eigenvalue weighted by Crippen LogP contribution is 1.96. The lowest BCUT2D eigenvalue weighted by Crippen LogP contribution is -2.49. The van der Waals surface area contributed by atoms with Crippen LogP contribution in [-0.2, 0) is 9.59 Å². The Bertz CT molecular complexity index is 317. The largest absolute Gasteiger partial charge is 0.480 e. The minimum Gasteiger partial charge on any atom is -0.480 e. The number of likely N-dealkylation sites (N-methyl/N-ethyl adjacent to an activating group) is 1. The quantitative estimate of drug-likeness (QED) is 0.525. The van der Waals surface area contributed by atoms with E-state index in [1.807, 2.05) is 0 Å². The number of amides is 3. The van der Waals surface area contributed by atoms with Crippen molar-refractivity contribution >= 4 is 17.9 Å². The smallest absolute Gasteiger partial charge is 0.326 e. The van der Waals surface area contributed by atoms with Crippen LogP contribution in [0.2, 0.25) is 0 Å². The number of nitrogens with zero attached hydrogens (tertiary/aromatic N) is 1. The molecule has 4 N–H and O–H groups in total. The van der Waals surface area contributed by atoms with Gasteiger partial charge in [0, 0.05) is 6.54 Å². The molecule has 7 nitrogen and oxygen atoms in total. The number of aliphatic carboxylic acids is 1. The molecule has 0 aromatic heterocycles. The van der Waals surface area contributed by atoms with E-state index in [4.69, 9.17) is 10.8 Å². The van der Waals surface area contributed by atoms with E-state index in [9.17, 15) is 14.4 Å². The summed E-state index contributed by atoms with van der Waals surface area (Å²) in [5.41, 5.74) is 4.96. The van der Waals surface area contributed by atoms with E-state index in [0.717, 1.165) is 4.90 Å². The summed E-state index contributed by atoms with van der Waals surface area (Å²) in [6, 6.07) is -1.69. The van der Waals surface area contributed by atoms with E-state index in [0.29, 0.717) is 0 Å². The van der Waals surface area contributed by atoms with Crippen molar-refractivity contribution in [3.63, 3.8) is 0 Å². The van der Waals surface area contributed by atoms with Crippen LogP contribution >= 0.6 is 0 Å². The van der Waals surface area contributed by atoms with E-state index in [1.165, 1.54) is 6.08 Å². The first-order valence-corrected chi connectivity index (χ1v) is 5.09. The maximum Gasteiger partial charge on any atom is 0.326 e. The lowest BCUT2D eigenvalue weighted by molar-refractivity contribution is -0.139. The molecule has 0 aromatic carbocycles. The number of urea groups is 1. The summed E-state index contributed by atoms with van der Waals surface area (Å²) >= 11 is 0. The molecule has 0 bridgehead atoms. The Kier molecular flexibility index (Phi) is 6.39. The number of carbonyl (C=O) groups is 3. The number of carbonyl (C=O) groups excluding carboxylic acids is 2. The fraction of sp³-hybridized carbons (Fsp3) is 0.500. The monoisotopic (exact) mass is 243 g/mol. The first-order chi connectivity index (χ1) is 7.92. The van der Waals surface area contributed by atoms with Gasteiger partial charge in [0.15, 0.2) is 0 Å². The third kappa shape index (κ3) is 5.55. The third-order valence-corrected chi connectivity index (χ3v) is 2.01. The molecule has 0 rings (SSSR count). The predicted molar refractivity (Wildman–Crippen MR) is 61.2 cm³/mol. The maximum absolute atomic E-state index is 11.6. The Balaban J connectivity index is 4.50. The second-order valence-electron chi connectivity index (χ2n) is 3.35. The van der Waals surface area contributed by atoms with Crippen LogP contribution in [0.1, 0.15) is 13.3 Å². The molecule has 3 amide bonds. The van der Waals surface area contributed by atoms with Crippen LogP contribution in [0.5, 0.6) is 0 Å². The Morgan fingerprint density at radius 3 is 2.47 bits per heavy atom. The molecule has 0 aromatic rings. The highest BCUT2D eigenvalue weighted by atomic mass is 16.4. The molecular formula is C10H17N3O4. The molecule has 17 heavy (non-hydrogen) atoms. The number of hydrogen-bond acceptors (Lipinski definition) is 3. The van der Waals surface area contributed by atoms with E-state index in [1.54, 1.807) is 6.92 Å². The summed E-state index contributed by atoms with van der Waals surface area (Å²) in [6.07, 6.45) is 1.50. The summed E-state index contributed by atoms with van der Waals surface area (Å²) in [5.74, 6) is -1.81. The van der Waals surface area contributed by atoms with Crippen LogP contribution in [0.4, 0.5) is 4.79 Å². The summed E-state index contributed by atoms with van der Waals surface area (Å²) in [4.78, 5) is 34.2. The van der Waals surface area contributed by atoms with E-state index < -0.39 is 23.9 Å². The fourth-order valence-corrected chi connectivity index (χ4v) is 1.14. The molecule has 0 spiro atoms. The van der Waals surface area contributed by atoms with Gasteiger partial charge in [-0.25, -0.2) is 9.59 Å². The van der Waals surface area contributed by atoms with Gasteiger partial charge in [-0.15, -0.1) is 6.58 Å². The highest BCUT2D eigenvalue weighted by molar-refractivity contribution is 5.86. The van der Waals surface area contributed by atoms with Crippen LogP contribution in [0.3, 0.4) is 0 Å². The number of rotatable bonds is 7. The predicted octanol–water partition coefficient (Wildman–Crippen LogP) is -0.467. The van der Waals surface area contributed by atoms with Gasteiger partial charge >= 0.3 is 12.0 Å². The van der Waals surface area contributed by atoms with Crippen molar-refractivity contribution in [3.8, 4) is 0 Å². The van der Waals surface area contributed by atoms with Crippen LogP contribution in [0, 0.1) is 0 Å². The summed E-state index contributed by atoms with van der Waals surface area (Å²) < 4.78 is 0. The Labute approximate surface area is 99.3 Å². The molecule has 0 radical (unpaired) electrons. The summed E-state index contributed by atoms with van der Waals surface area (Å²) in [6.45, 7) is 5.07. The Morgan fingerprint density at radius 2 is 2.12 bits per heavy atom. The second-order valence-corrected chi connectivity index (χ2v) is 3.35. The molecule has 0 saturated heterocycles. The molecule has 0 aliphatic heterocycles. The van der Waals surface area contributed by atoms with Gasteiger partial charge in [-0.3, -0.25) is 4.79 Å². The zero-order valence-corrected chi connectivity index (χ0v) is 9.68. The molecule has 0 fully saturated rings.